The van der Waals surface area contributed by atoms with Gasteiger partial charge >= 0.3 is 0 Å². The SMILES string of the molecule is Cc1nnc(CNC(=O)C(C)C(C)(C)C)o1. The first-order chi connectivity index (χ1) is 7.30. The Morgan fingerprint density at radius 2 is 2.06 bits per heavy atom. The minimum absolute atomic E-state index is 0.00310. The number of nitrogens with one attached hydrogen (secondary N) is 1. The van der Waals surface area contributed by atoms with Crippen LogP contribution in [0.5, 0.6) is 0 Å². The first kappa shape index (κ1) is 12.7. The summed E-state index contributed by atoms with van der Waals surface area (Å²) in [7, 11) is 0. The zero-order chi connectivity index (χ0) is 12.3. The normalized spacial score (nSPS) is 13.6. The monoisotopic (exact) mass is 225 g/mol. The molecule has 5 heteroatoms. The largest absolute Gasteiger partial charge is 0.424 e. The number of rotatable bonds is 3. The lowest BCUT2D eigenvalue weighted by molar-refractivity contribution is -0.127. The Morgan fingerprint density at radius 1 is 1.44 bits per heavy atom. The molecular weight excluding hydrogens is 206 g/mol. The van der Waals surface area contributed by atoms with Gasteiger partial charge in [0.2, 0.25) is 17.7 Å². The summed E-state index contributed by atoms with van der Waals surface area (Å²) >= 11 is 0. The van der Waals surface area contributed by atoms with Gasteiger partial charge in [0, 0.05) is 12.8 Å². The van der Waals surface area contributed by atoms with Crippen molar-refractivity contribution in [2.24, 2.45) is 11.3 Å². The van der Waals surface area contributed by atoms with E-state index in [1.54, 1.807) is 6.92 Å². The Balaban J connectivity index is 2.47. The third kappa shape index (κ3) is 3.32. The van der Waals surface area contributed by atoms with Gasteiger partial charge < -0.3 is 9.73 Å². The van der Waals surface area contributed by atoms with Crippen molar-refractivity contribution in [2.75, 3.05) is 0 Å². The molecule has 0 fully saturated rings. The van der Waals surface area contributed by atoms with Crippen LogP contribution in [-0.4, -0.2) is 16.1 Å². The van der Waals surface area contributed by atoms with Crippen molar-refractivity contribution in [1.82, 2.24) is 15.5 Å². The maximum absolute atomic E-state index is 11.8. The Bertz CT molecular complexity index is 366. The van der Waals surface area contributed by atoms with Crippen LogP contribution in [0.15, 0.2) is 4.42 Å². The van der Waals surface area contributed by atoms with Gasteiger partial charge in [-0.15, -0.1) is 10.2 Å². The molecule has 1 atom stereocenters. The first-order valence-electron chi connectivity index (χ1n) is 5.37. The molecule has 1 unspecified atom stereocenters. The fourth-order valence-electron chi connectivity index (χ4n) is 1.12. The molecule has 1 aromatic rings. The molecule has 90 valence electrons. The molecule has 0 spiro atoms. The molecule has 1 heterocycles. The van der Waals surface area contributed by atoms with Crippen LogP contribution in [0, 0.1) is 18.3 Å². The van der Waals surface area contributed by atoms with E-state index in [1.165, 1.54) is 0 Å². The molecule has 5 nitrogen and oxygen atoms in total. The van der Waals surface area contributed by atoms with E-state index < -0.39 is 0 Å². The van der Waals surface area contributed by atoms with E-state index in [4.69, 9.17) is 4.42 Å². The highest BCUT2D eigenvalue weighted by Gasteiger charge is 2.26. The second-order valence-corrected chi connectivity index (χ2v) is 5.02. The van der Waals surface area contributed by atoms with Crippen LogP contribution in [0.4, 0.5) is 0 Å². The van der Waals surface area contributed by atoms with Crippen molar-refractivity contribution < 1.29 is 9.21 Å². The molecular formula is C11H19N3O2. The van der Waals surface area contributed by atoms with E-state index in [0.717, 1.165) is 0 Å². The van der Waals surface area contributed by atoms with Gasteiger partial charge in [-0.1, -0.05) is 27.7 Å². The van der Waals surface area contributed by atoms with Crippen molar-refractivity contribution in [3.63, 3.8) is 0 Å². The van der Waals surface area contributed by atoms with Crippen LogP contribution >= 0.6 is 0 Å². The molecule has 0 aliphatic heterocycles. The van der Waals surface area contributed by atoms with Crippen molar-refractivity contribution in [2.45, 2.75) is 41.2 Å². The average Bonchev–Trinajstić information content (AvgIpc) is 2.58. The third-order valence-electron chi connectivity index (χ3n) is 2.67. The highest BCUT2D eigenvalue weighted by molar-refractivity contribution is 5.78. The van der Waals surface area contributed by atoms with Crippen LogP contribution in [0.25, 0.3) is 0 Å². The molecule has 0 aliphatic rings. The molecule has 0 aliphatic carbocycles. The molecule has 1 aromatic heterocycles. The maximum atomic E-state index is 11.8. The van der Waals surface area contributed by atoms with Gasteiger partial charge in [0.15, 0.2) is 0 Å². The summed E-state index contributed by atoms with van der Waals surface area (Å²) < 4.78 is 5.16. The van der Waals surface area contributed by atoms with E-state index in [2.05, 4.69) is 15.5 Å². The maximum Gasteiger partial charge on any atom is 0.235 e. The van der Waals surface area contributed by atoms with E-state index in [1.807, 2.05) is 27.7 Å². The minimum atomic E-state index is -0.0588. The van der Waals surface area contributed by atoms with E-state index in [0.29, 0.717) is 18.3 Å². The number of hydrogen-bond donors (Lipinski definition) is 1. The highest BCUT2D eigenvalue weighted by atomic mass is 16.4. The van der Waals surface area contributed by atoms with Crippen LogP contribution in [0.1, 0.15) is 39.5 Å². The number of amides is 1. The lowest BCUT2D eigenvalue weighted by Gasteiger charge is -2.25. The summed E-state index contributed by atoms with van der Waals surface area (Å²) in [6.07, 6.45) is 0. The average molecular weight is 225 g/mol. The van der Waals surface area contributed by atoms with E-state index in [-0.39, 0.29) is 17.2 Å². The van der Waals surface area contributed by atoms with Gasteiger partial charge in [0.25, 0.3) is 0 Å². The van der Waals surface area contributed by atoms with Crippen LogP contribution < -0.4 is 5.32 Å². The quantitative estimate of drug-likeness (QED) is 0.849. The molecule has 0 aromatic carbocycles. The summed E-state index contributed by atoms with van der Waals surface area (Å²) in [6.45, 7) is 10.0. The molecule has 0 saturated heterocycles. The van der Waals surface area contributed by atoms with Gasteiger partial charge in [0.1, 0.15) is 0 Å². The smallest absolute Gasteiger partial charge is 0.235 e. The van der Waals surface area contributed by atoms with Crippen molar-refractivity contribution in [3.8, 4) is 0 Å². The number of nitrogens with zero attached hydrogens (tertiary/aromatic N) is 2. The highest BCUT2D eigenvalue weighted by Crippen LogP contribution is 2.25. The van der Waals surface area contributed by atoms with E-state index >= 15 is 0 Å². The predicted octanol–water partition coefficient (Wildman–Crippen LogP) is 1.68. The molecule has 1 amide bonds. The fraction of sp³-hybridized carbons (Fsp3) is 0.727. The zero-order valence-electron chi connectivity index (χ0n) is 10.5. The van der Waals surface area contributed by atoms with Gasteiger partial charge in [-0.2, -0.15) is 0 Å². The molecule has 0 saturated carbocycles. The van der Waals surface area contributed by atoms with Crippen LogP contribution in [0.2, 0.25) is 0 Å². The Kier molecular flexibility index (Phi) is 3.67. The van der Waals surface area contributed by atoms with Gasteiger partial charge in [-0.25, -0.2) is 0 Å². The summed E-state index contributed by atoms with van der Waals surface area (Å²) in [4.78, 5) is 11.8. The van der Waals surface area contributed by atoms with Crippen LogP contribution in [-0.2, 0) is 11.3 Å². The molecule has 1 N–H and O–H groups in total. The molecule has 0 bridgehead atoms. The summed E-state index contributed by atoms with van der Waals surface area (Å²) in [6, 6.07) is 0. The van der Waals surface area contributed by atoms with Crippen molar-refractivity contribution in [3.05, 3.63) is 11.8 Å². The molecule has 0 radical (unpaired) electrons. The fourth-order valence-corrected chi connectivity index (χ4v) is 1.12. The van der Waals surface area contributed by atoms with Crippen molar-refractivity contribution >= 4 is 5.91 Å². The zero-order valence-corrected chi connectivity index (χ0v) is 10.5. The van der Waals surface area contributed by atoms with Gasteiger partial charge in [-0.05, 0) is 5.41 Å². The molecule has 1 rings (SSSR count). The summed E-state index contributed by atoms with van der Waals surface area (Å²) in [5.74, 6) is 0.889. The Hall–Kier alpha value is -1.39. The number of hydrogen-bond acceptors (Lipinski definition) is 4. The topological polar surface area (TPSA) is 68.0 Å². The predicted molar refractivity (Wildman–Crippen MR) is 59.5 cm³/mol. The first-order valence-corrected chi connectivity index (χ1v) is 5.37. The lowest BCUT2D eigenvalue weighted by Crippen LogP contribution is -2.35. The number of aryl methyl sites for hydroxylation is 1. The summed E-state index contributed by atoms with van der Waals surface area (Å²) in [5, 5.41) is 10.3. The van der Waals surface area contributed by atoms with Crippen molar-refractivity contribution in [1.29, 1.82) is 0 Å². The molecule has 16 heavy (non-hydrogen) atoms. The third-order valence-corrected chi connectivity index (χ3v) is 2.67. The van der Waals surface area contributed by atoms with E-state index in [9.17, 15) is 4.79 Å². The van der Waals surface area contributed by atoms with Crippen LogP contribution in [0.3, 0.4) is 0 Å². The Morgan fingerprint density at radius 3 is 2.50 bits per heavy atom. The second kappa shape index (κ2) is 4.63. The Labute approximate surface area is 95.6 Å². The van der Waals surface area contributed by atoms with Gasteiger partial charge in [0.05, 0.1) is 6.54 Å². The number of carbonyl (C=O) groups excluding carboxylic acids is 1. The lowest BCUT2D eigenvalue weighted by atomic mass is 9.81. The standard InChI is InChI=1S/C11H19N3O2/c1-7(11(3,4)5)10(15)12-6-9-14-13-8(2)16-9/h7H,6H2,1-5H3,(H,12,15). The minimum Gasteiger partial charge on any atom is -0.424 e. The number of carbonyl (C=O) groups is 1. The second-order valence-electron chi connectivity index (χ2n) is 5.02. The summed E-state index contributed by atoms with van der Waals surface area (Å²) in [5.41, 5.74) is -0.0468. The number of aromatic nitrogens is 2. The van der Waals surface area contributed by atoms with Gasteiger partial charge in [-0.3, -0.25) is 4.79 Å².